The van der Waals surface area contributed by atoms with Gasteiger partial charge in [0.05, 0.1) is 23.4 Å². The summed E-state index contributed by atoms with van der Waals surface area (Å²) < 4.78 is 35.3. The van der Waals surface area contributed by atoms with Gasteiger partial charge in [0.2, 0.25) is 10.0 Å². The third-order valence-electron chi connectivity index (χ3n) is 6.21. The summed E-state index contributed by atoms with van der Waals surface area (Å²) in [6.07, 6.45) is 1.83. The van der Waals surface area contributed by atoms with Gasteiger partial charge in [-0.25, -0.2) is 13.4 Å². The maximum atomic E-state index is 13.1. The lowest BCUT2D eigenvalue weighted by atomic mass is 10.0. The molecule has 2 aromatic carbocycles. The summed E-state index contributed by atoms with van der Waals surface area (Å²) in [5.41, 5.74) is 2.62. The lowest BCUT2D eigenvalue weighted by Gasteiger charge is -2.29. The van der Waals surface area contributed by atoms with E-state index in [4.69, 9.17) is 9.73 Å². The molecule has 1 fully saturated rings. The Balaban J connectivity index is 1.69. The van der Waals surface area contributed by atoms with Gasteiger partial charge in [0.1, 0.15) is 5.75 Å². The van der Waals surface area contributed by atoms with E-state index in [1.165, 1.54) is 0 Å². The van der Waals surface area contributed by atoms with Crippen molar-refractivity contribution in [1.29, 1.82) is 0 Å². The van der Waals surface area contributed by atoms with E-state index >= 15 is 0 Å². The highest BCUT2D eigenvalue weighted by Crippen LogP contribution is 2.29. The van der Waals surface area contributed by atoms with E-state index in [9.17, 15) is 8.42 Å². The number of hydrogen-bond acceptors (Lipinski definition) is 5. The van der Waals surface area contributed by atoms with E-state index in [-0.39, 0.29) is 5.54 Å². The second kappa shape index (κ2) is 9.68. The average molecular weight is 500 g/mol. The Kier molecular flexibility index (Phi) is 7.03. The minimum absolute atomic E-state index is 0.212. The van der Waals surface area contributed by atoms with Crippen molar-refractivity contribution in [3.63, 3.8) is 0 Å². The fourth-order valence-electron chi connectivity index (χ4n) is 4.18. The predicted molar refractivity (Wildman–Crippen MR) is 138 cm³/mol. The summed E-state index contributed by atoms with van der Waals surface area (Å²) in [5.74, 6) is 1.38. The lowest BCUT2D eigenvalue weighted by Crippen LogP contribution is -2.37. The molecule has 182 valence electrons. The van der Waals surface area contributed by atoms with Crippen LogP contribution in [0.2, 0.25) is 0 Å². The van der Waals surface area contributed by atoms with E-state index < -0.39 is 10.0 Å². The average Bonchev–Trinajstić information content (AvgIpc) is 3.24. The van der Waals surface area contributed by atoms with E-state index in [0.29, 0.717) is 23.9 Å². The van der Waals surface area contributed by atoms with Crippen molar-refractivity contribution in [3.8, 4) is 17.0 Å². The molecule has 3 aromatic rings. The number of piperidine rings is 1. The third-order valence-corrected chi connectivity index (χ3v) is 8.95. The fourth-order valence-corrected chi connectivity index (χ4v) is 6.74. The molecule has 8 heteroatoms. The molecule has 4 rings (SSSR count). The Morgan fingerprint density at radius 3 is 2.18 bits per heavy atom. The van der Waals surface area contributed by atoms with Gasteiger partial charge < -0.3 is 9.30 Å². The Labute approximate surface area is 206 Å². The molecule has 0 amide bonds. The minimum Gasteiger partial charge on any atom is -0.497 e. The molecule has 0 radical (unpaired) electrons. The normalized spacial score (nSPS) is 16.7. The molecule has 0 atom stereocenters. The van der Waals surface area contributed by atoms with Crippen LogP contribution >= 0.6 is 11.3 Å². The van der Waals surface area contributed by atoms with Crippen LogP contribution in [0.3, 0.4) is 0 Å². The van der Waals surface area contributed by atoms with Crippen molar-refractivity contribution in [2.75, 3.05) is 20.2 Å². The number of thiazole rings is 1. The second-order valence-electron chi connectivity index (χ2n) is 9.83. The monoisotopic (exact) mass is 499 g/mol. The van der Waals surface area contributed by atoms with Gasteiger partial charge in [0, 0.05) is 24.0 Å². The van der Waals surface area contributed by atoms with E-state index in [0.717, 1.165) is 40.3 Å². The zero-order valence-electron chi connectivity index (χ0n) is 20.5. The minimum atomic E-state index is -3.46. The zero-order valence-corrected chi connectivity index (χ0v) is 22.1. The van der Waals surface area contributed by atoms with E-state index in [2.05, 4.69) is 37.6 Å². The van der Waals surface area contributed by atoms with Crippen LogP contribution in [-0.4, -0.2) is 37.5 Å². The lowest BCUT2D eigenvalue weighted by molar-refractivity contribution is 0.288. The molecular weight excluding hydrogens is 466 g/mol. The SMILES string of the molecule is COc1ccc(N=c2scc(-c3ccc(S(=O)(=O)N4CCC(C)CC4)cc3)n2C(C)(C)C)cc1. The summed E-state index contributed by atoms with van der Waals surface area (Å²) >= 11 is 1.57. The maximum Gasteiger partial charge on any atom is 0.243 e. The largest absolute Gasteiger partial charge is 0.497 e. The van der Waals surface area contributed by atoms with Gasteiger partial charge in [-0.1, -0.05) is 19.1 Å². The Hall–Kier alpha value is -2.42. The molecular formula is C26H33N3O3S2. The first-order chi connectivity index (χ1) is 16.1. The van der Waals surface area contributed by atoms with Crippen molar-refractivity contribution in [2.24, 2.45) is 10.9 Å². The van der Waals surface area contributed by atoms with Gasteiger partial charge in [-0.05, 0) is 81.5 Å². The predicted octanol–water partition coefficient (Wildman–Crippen LogP) is 5.63. The Bertz CT molecular complexity index is 1290. The molecule has 1 aliphatic heterocycles. The molecule has 0 N–H and O–H groups in total. The van der Waals surface area contributed by atoms with Crippen molar-refractivity contribution >= 4 is 27.0 Å². The van der Waals surface area contributed by atoms with Crippen LogP contribution < -0.4 is 9.54 Å². The molecule has 34 heavy (non-hydrogen) atoms. The highest BCUT2D eigenvalue weighted by atomic mass is 32.2. The first kappa shape index (κ1) is 24.7. The van der Waals surface area contributed by atoms with Gasteiger partial charge in [-0.2, -0.15) is 4.31 Å². The number of rotatable bonds is 5. The number of methoxy groups -OCH3 is 1. The summed E-state index contributed by atoms with van der Waals surface area (Å²) in [5, 5.41) is 2.09. The number of aromatic nitrogens is 1. The number of ether oxygens (including phenoxy) is 1. The molecule has 1 aromatic heterocycles. The van der Waals surface area contributed by atoms with Crippen LogP contribution in [0.15, 0.2) is 63.8 Å². The highest BCUT2D eigenvalue weighted by molar-refractivity contribution is 7.89. The smallest absolute Gasteiger partial charge is 0.243 e. The van der Waals surface area contributed by atoms with Crippen molar-refractivity contribution in [3.05, 3.63) is 58.7 Å². The zero-order chi connectivity index (χ0) is 24.5. The van der Waals surface area contributed by atoms with E-state index in [1.54, 1.807) is 34.9 Å². The number of sulfonamides is 1. The van der Waals surface area contributed by atoms with E-state index in [1.807, 2.05) is 36.4 Å². The highest BCUT2D eigenvalue weighted by Gasteiger charge is 2.28. The summed E-state index contributed by atoms with van der Waals surface area (Å²) in [7, 11) is -1.82. The van der Waals surface area contributed by atoms with Crippen LogP contribution in [-0.2, 0) is 15.6 Å². The first-order valence-electron chi connectivity index (χ1n) is 11.6. The quantitative estimate of drug-likeness (QED) is 0.457. The standard InChI is InChI=1S/C26H33N3O3S2/c1-19-14-16-28(17-15-19)34(30,31)23-12-6-20(7-13-23)24-18-33-25(29(24)26(2,3)4)27-21-8-10-22(32-5)11-9-21/h6-13,18-19H,14-17H2,1-5H3. The number of nitrogens with zero attached hydrogens (tertiary/aromatic N) is 3. The van der Waals surface area contributed by atoms with Crippen LogP contribution in [0.1, 0.15) is 40.5 Å². The van der Waals surface area contributed by atoms with Crippen LogP contribution in [0.5, 0.6) is 5.75 Å². The van der Waals surface area contributed by atoms with Gasteiger partial charge in [0.25, 0.3) is 0 Å². The molecule has 0 unspecified atom stereocenters. The molecule has 0 bridgehead atoms. The van der Waals surface area contributed by atoms with Gasteiger partial charge >= 0.3 is 0 Å². The fraction of sp³-hybridized carbons (Fsp3) is 0.423. The summed E-state index contributed by atoms with van der Waals surface area (Å²) in [6.45, 7) is 9.80. The molecule has 1 saturated heterocycles. The molecule has 0 saturated carbocycles. The van der Waals surface area contributed by atoms with Crippen molar-refractivity contribution in [1.82, 2.24) is 8.87 Å². The van der Waals surface area contributed by atoms with Gasteiger partial charge in [-0.15, -0.1) is 11.3 Å². The summed E-state index contributed by atoms with van der Waals surface area (Å²) in [6, 6.07) is 14.9. The Morgan fingerprint density at radius 2 is 1.62 bits per heavy atom. The third kappa shape index (κ3) is 5.14. The second-order valence-corrected chi connectivity index (χ2v) is 12.6. The Morgan fingerprint density at radius 1 is 1.00 bits per heavy atom. The summed E-state index contributed by atoms with van der Waals surface area (Å²) in [4.78, 5) is 6.11. The van der Waals surface area contributed by atoms with Crippen molar-refractivity contribution in [2.45, 2.75) is 51.0 Å². The molecule has 1 aliphatic rings. The maximum absolute atomic E-state index is 13.1. The molecule has 0 spiro atoms. The number of benzene rings is 2. The molecule has 2 heterocycles. The topological polar surface area (TPSA) is 63.9 Å². The van der Waals surface area contributed by atoms with Gasteiger partial charge in [-0.3, -0.25) is 0 Å². The molecule has 0 aliphatic carbocycles. The van der Waals surface area contributed by atoms with Crippen LogP contribution in [0, 0.1) is 5.92 Å². The molecule has 6 nitrogen and oxygen atoms in total. The van der Waals surface area contributed by atoms with Crippen LogP contribution in [0.4, 0.5) is 5.69 Å². The van der Waals surface area contributed by atoms with Gasteiger partial charge in [0.15, 0.2) is 4.80 Å². The van der Waals surface area contributed by atoms with Crippen LogP contribution in [0.25, 0.3) is 11.3 Å². The number of hydrogen-bond donors (Lipinski definition) is 0. The first-order valence-corrected chi connectivity index (χ1v) is 13.9. The van der Waals surface area contributed by atoms with Crippen molar-refractivity contribution < 1.29 is 13.2 Å².